The van der Waals surface area contributed by atoms with E-state index in [0.29, 0.717) is 17.3 Å². The normalized spacial score (nSPS) is 11.8. The predicted molar refractivity (Wildman–Crippen MR) is 132 cm³/mol. The first-order valence-electron chi connectivity index (χ1n) is 10.8. The highest BCUT2D eigenvalue weighted by Crippen LogP contribution is 2.33. The fourth-order valence-electron chi connectivity index (χ4n) is 3.18. The van der Waals surface area contributed by atoms with Gasteiger partial charge in [-0.05, 0) is 61.6 Å². The van der Waals surface area contributed by atoms with Crippen LogP contribution in [0.4, 0.5) is 18.9 Å². The lowest BCUT2D eigenvalue weighted by atomic mass is 10.2. The summed E-state index contributed by atoms with van der Waals surface area (Å²) in [6.45, 7) is 1.44. The maximum atomic E-state index is 13.3. The molecule has 0 saturated heterocycles. The Hall–Kier alpha value is -2.98. The molecular weight excluding hydrogens is 497 g/mol. The highest BCUT2D eigenvalue weighted by atomic mass is 32.2. The van der Waals surface area contributed by atoms with Crippen LogP contribution in [0.15, 0.2) is 88.7 Å². The van der Waals surface area contributed by atoms with Crippen molar-refractivity contribution in [1.82, 2.24) is 5.32 Å². The van der Waals surface area contributed by atoms with Gasteiger partial charge in [-0.1, -0.05) is 42.0 Å². The average molecular weight is 523 g/mol. The Labute approximate surface area is 207 Å². The zero-order valence-corrected chi connectivity index (χ0v) is 20.6. The number of benzene rings is 3. The molecule has 0 spiro atoms. The number of thioether (sulfide) groups is 1. The molecule has 186 valence electrons. The smallest absolute Gasteiger partial charge is 0.354 e. The van der Waals surface area contributed by atoms with Crippen LogP contribution in [0.5, 0.6) is 0 Å². The fraction of sp³-hybridized carbons (Fsp3) is 0.240. The van der Waals surface area contributed by atoms with Gasteiger partial charge >= 0.3 is 6.18 Å². The van der Waals surface area contributed by atoms with Gasteiger partial charge in [0.25, 0.3) is 10.0 Å². The standard InChI is InChI=1S/C25H25F3N2O3S2/c1-19-11-13-23(14-12-19)35(32,33)30(21-8-5-7-20(17-21)25(26,27)28)18-24(31)29-15-6-16-34-22-9-3-2-4-10-22/h2-5,7-14,17H,6,15-16,18H2,1H3,(H,29,31). The molecule has 10 heteroatoms. The van der Waals surface area contributed by atoms with Crippen molar-refractivity contribution in [3.8, 4) is 0 Å². The number of hydrogen-bond acceptors (Lipinski definition) is 4. The molecule has 0 aromatic heterocycles. The maximum Gasteiger partial charge on any atom is 0.416 e. The molecule has 0 fully saturated rings. The van der Waals surface area contributed by atoms with Crippen LogP contribution < -0.4 is 9.62 Å². The fourth-order valence-corrected chi connectivity index (χ4v) is 5.47. The van der Waals surface area contributed by atoms with E-state index in [4.69, 9.17) is 0 Å². The molecule has 0 bridgehead atoms. The minimum atomic E-state index is -4.66. The number of nitrogens with one attached hydrogen (secondary N) is 1. The zero-order chi connectivity index (χ0) is 25.5. The first kappa shape index (κ1) is 26.6. The van der Waals surface area contributed by atoms with Crippen molar-refractivity contribution in [1.29, 1.82) is 0 Å². The molecule has 5 nitrogen and oxygen atoms in total. The number of carbonyl (C=O) groups excluding carboxylic acids is 1. The Kier molecular flexibility index (Phi) is 8.85. The molecule has 0 aliphatic carbocycles. The lowest BCUT2D eigenvalue weighted by molar-refractivity contribution is -0.137. The van der Waals surface area contributed by atoms with Crippen LogP contribution in [0.3, 0.4) is 0 Å². The van der Waals surface area contributed by atoms with Crippen molar-refractivity contribution in [3.63, 3.8) is 0 Å². The second-order valence-corrected chi connectivity index (χ2v) is 10.8. The van der Waals surface area contributed by atoms with E-state index in [0.717, 1.165) is 34.4 Å². The number of carbonyl (C=O) groups is 1. The van der Waals surface area contributed by atoms with Crippen molar-refractivity contribution in [3.05, 3.63) is 90.0 Å². The molecular formula is C25H25F3N2O3S2. The zero-order valence-electron chi connectivity index (χ0n) is 19.0. The second kappa shape index (κ2) is 11.6. The molecule has 3 rings (SSSR count). The van der Waals surface area contributed by atoms with E-state index < -0.39 is 34.2 Å². The van der Waals surface area contributed by atoms with Crippen LogP contribution in [0.2, 0.25) is 0 Å². The Balaban J connectivity index is 1.74. The SMILES string of the molecule is Cc1ccc(S(=O)(=O)N(CC(=O)NCCCSc2ccccc2)c2cccc(C(F)(F)F)c2)cc1. The van der Waals surface area contributed by atoms with Gasteiger partial charge in [0.15, 0.2) is 0 Å². The number of alkyl halides is 3. The first-order valence-corrected chi connectivity index (χ1v) is 13.2. The molecule has 1 amide bonds. The summed E-state index contributed by atoms with van der Waals surface area (Å²) in [7, 11) is -4.30. The van der Waals surface area contributed by atoms with E-state index in [2.05, 4.69) is 5.32 Å². The summed E-state index contributed by atoms with van der Waals surface area (Å²) in [6.07, 6.45) is -4.02. The van der Waals surface area contributed by atoms with Crippen LogP contribution in [-0.4, -0.2) is 33.2 Å². The summed E-state index contributed by atoms with van der Waals surface area (Å²) in [6, 6.07) is 19.6. The lowest BCUT2D eigenvalue weighted by Gasteiger charge is -2.25. The van der Waals surface area contributed by atoms with Crippen LogP contribution in [0, 0.1) is 6.92 Å². The summed E-state index contributed by atoms with van der Waals surface area (Å²) in [5, 5.41) is 2.67. The molecule has 0 aliphatic rings. The van der Waals surface area contributed by atoms with Crippen molar-refractivity contribution in [2.75, 3.05) is 23.1 Å². The average Bonchev–Trinajstić information content (AvgIpc) is 2.83. The molecule has 35 heavy (non-hydrogen) atoms. The second-order valence-electron chi connectivity index (χ2n) is 7.74. The number of anilines is 1. The number of hydrogen-bond donors (Lipinski definition) is 1. The molecule has 0 heterocycles. The van der Waals surface area contributed by atoms with Gasteiger partial charge in [0.05, 0.1) is 16.1 Å². The quantitative estimate of drug-likeness (QED) is 0.282. The van der Waals surface area contributed by atoms with Crippen LogP contribution >= 0.6 is 11.8 Å². The maximum absolute atomic E-state index is 13.3. The molecule has 0 atom stereocenters. The number of aryl methyl sites for hydroxylation is 1. The summed E-state index contributed by atoms with van der Waals surface area (Å²) >= 11 is 1.63. The van der Waals surface area contributed by atoms with Gasteiger partial charge in [0.1, 0.15) is 6.54 Å². The number of nitrogens with zero attached hydrogens (tertiary/aromatic N) is 1. The Morgan fingerprint density at radius 1 is 0.971 bits per heavy atom. The number of halogens is 3. The van der Waals surface area contributed by atoms with Crippen molar-refractivity contribution < 1.29 is 26.4 Å². The number of rotatable bonds is 10. The van der Waals surface area contributed by atoms with Gasteiger partial charge in [-0.2, -0.15) is 13.2 Å². The van der Waals surface area contributed by atoms with Gasteiger partial charge in [-0.3, -0.25) is 9.10 Å². The summed E-state index contributed by atoms with van der Waals surface area (Å²) in [4.78, 5) is 13.6. The molecule has 0 saturated carbocycles. The van der Waals surface area contributed by atoms with E-state index in [9.17, 15) is 26.4 Å². The van der Waals surface area contributed by atoms with Gasteiger partial charge < -0.3 is 5.32 Å². The van der Waals surface area contributed by atoms with Crippen LogP contribution in [0.1, 0.15) is 17.5 Å². The largest absolute Gasteiger partial charge is 0.416 e. The molecule has 0 unspecified atom stereocenters. The Morgan fingerprint density at radius 2 is 1.66 bits per heavy atom. The molecule has 0 aliphatic heterocycles. The van der Waals surface area contributed by atoms with Gasteiger partial charge in [-0.25, -0.2) is 8.42 Å². The highest BCUT2D eigenvalue weighted by molar-refractivity contribution is 7.99. The van der Waals surface area contributed by atoms with Crippen molar-refractivity contribution in [2.45, 2.75) is 29.3 Å². The van der Waals surface area contributed by atoms with E-state index in [-0.39, 0.29) is 10.6 Å². The Bertz CT molecular complexity index is 1230. The molecule has 3 aromatic carbocycles. The van der Waals surface area contributed by atoms with Crippen molar-refractivity contribution in [2.24, 2.45) is 0 Å². The van der Waals surface area contributed by atoms with Crippen molar-refractivity contribution >= 4 is 33.4 Å². The van der Waals surface area contributed by atoms with E-state index in [1.165, 1.54) is 18.2 Å². The third-order valence-corrected chi connectivity index (χ3v) is 7.90. The summed E-state index contributed by atoms with van der Waals surface area (Å²) in [5.41, 5.74) is -0.423. The van der Waals surface area contributed by atoms with E-state index >= 15 is 0 Å². The third kappa shape index (κ3) is 7.50. The monoisotopic (exact) mass is 522 g/mol. The molecule has 0 radical (unpaired) electrons. The van der Waals surface area contributed by atoms with Gasteiger partial charge in [0, 0.05) is 11.4 Å². The lowest BCUT2D eigenvalue weighted by Crippen LogP contribution is -2.41. The van der Waals surface area contributed by atoms with Gasteiger partial charge in [0.2, 0.25) is 5.91 Å². The molecule has 1 N–H and O–H groups in total. The Morgan fingerprint density at radius 3 is 2.31 bits per heavy atom. The number of amides is 1. The predicted octanol–water partition coefficient (Wildman–Crippen LogP) is 5.51. The highest BCUT2D eigenvalue weighted by Gasteiger charge is 2.33. The topological polar surface area (TPSA) is 66.5 Å². The van der Waals surface area contributed by atoms with E-state index in [1.807, 2.05) is 30.3 Å². The van der Waals surface area contributed by atoms with Gasteiger partial charge in [-0.15, -0.1) is 11.8 Å². The van der Waals surface area contributed by atoms with Crippen LogP contribution in [-0.2, 0) is 21.0 Å². The summed E-state index contributed by atoms with van der Waals surface area (Å²) in [5.74, 6) is 0.131. The third-order valence-electron chi connectivity index (χ3n) is 5.01. The minimum absolute atomic E-state index is 0.118. The van der Waals surface area contributed by atoms with E-state index in [1.54, 1.807) is 30.8 Å². The number of sulfonamides is 1. The minimum Gasteiger partial charge on any atom is -0.354 e. The summed E-state index contributed by atoms with van der Waals surface area (Å²) < 4.78 is 67.2. The first-order chi connectivity index (χ1) is 16.6. The molecule has 3 aromatic rings. The van der Waals surface area contributed by atoms with Crippen LogP contribution in [0.25, 0.3) is 0 Å².